The minimum atomic E-state index is -0.188. The maximum absolute atomic E-state index is 11.4. The number of carbonyl (C=O) groups excluding carboxylic acids is 1. The van der Waals surface area contributed by atoms with E-state index in [1.165, 1.54) is 25.7 Å². The van der Waals surface area contributed by atoms with E-state index in [1.807, 2.05) is 6.92 Å². The van der Waals surface area contributed by atoms with Gasteiger partial charge in [-0.3, -0.25) is 9.69 Å². The van der Waals surface area contributed by atoms with Crippen molar-refractivity contribution in [1.29, 1.82) is 0 Å². The van der Waals surface area contributed by atoms with E-state index in [2.05, 4.69) is 4.90 Å². The molecule has 0 spiro atoms. The number of nitrogens with zero attached hydrogens (tertiary/aromatic N) is 1. The van der Waals surface area contributed by atoms with Crippen LogP contribution in [-0.4, -0.2) is 36.0 Å². The molecule has 4 N–H and O–H groups in total. The Morgan fingerprint density at radius 2 is 2.06 bits per heavy atom. The summed E-state index contributed by atoms with van der Waals surface area (Å²) < 4.78 is 0. The molecule has 1 unspecified atom stereocenters. The highest BCUT2D eigenvalue weighted by Crippen LogP contribution is 2.26. The van der Waals surface area contributed by atoms with Crippen LogP contribution in [0.4, 0.5) is 0 Å². The first kappa shape index (κ1) is 13.5. The molecule has 0 aromatic carbocycles. The van der Waals surface area contributed by atoms with Gasteiger partial charge in [0.1, 0.15) is 0 Å². The van der Waals surface area contributed by atoms with Crippen LogP contribution in [0.1, 0.15) is 45.4 Å². The Balaban J connectivity index is 2.63. The van der Waals surface area contributed by atoms with Gasteiger partial charge in [0.2, 0.25) is 5.91 Å². The van der Waals surface area contributed by atoms with Gasteiger partial charge in [0.05, 0.1) is 6.04 Å². The van der Waals surface area contributed by atoms with Gasteiger partial charge in [-0.2, -0.15) is 0 Å². The minimum Gasteiger partial charge on any atom is -0.368 e. The largest absolute Gasteiger partial charge is 0.368 e. The van der Waals surface area contributed by atoms with E-state index < -0.39 is 0 Å². The normalized spacial score (nSPS) is 19.2. The molecule has 0 heterocycles. The number of primary amides is 1. The fourth-order valence-corrected chi connectivity index (χ4v) is 2.70. The number of hydrogen-bond acceptors (Lipinski definition) is 3. The maximum Gasteiger partial charge on any atom is 0.234 e. The first-order valence-corrected chi connectivity index (χ1v) is 6.45. The lowest BCUT2D eigenvalue weighted by molar-refractivity contribution is -0.124. The molecule has 1 saturated carbocycles. The summed E-state index contributed by atoms with van der Waals surface area (Å²) in [5, 5.41) is 0. The van der Waals surface area contributed by atoms with Crippen LogP contribution >= 0.6 is 0 Å². The van der Waals surface area contributed by atoms with E-state index in [0.29, 0.717) is 12.6 Å². The lowest BCUT2D eigenvalue weighted by Gasteiger charge is -2.34. The second kappa shape index (κ2) is 6.86. The zero-order chi connectivity index (χ0) is 12.0. The van der Waals surface area contributed by atoms with Gasteiger partial charge < -0.3 is 11.5 Å². The van der Waals surface area contributed by atoms with Crippen LogP contribution in [0.2, 0.25) is 0 Å². The molecule has 0 aromatic rings. The van der Waals surface area contributed by atoms with Crippen molar-refractivity contribution in [2.24, 2.45) is 11.5 Å². The van der Waals surface area contributed by atoms with E-state index in [4.69, 9.17) is 11.5 Å². The van der Waals surface area contributed by atoms with Gasteiger partial charge in [0.15, 0.2) is 0 Å². The molecule has 1 rings (SSSR count). The first-order valence-electron chi connectivity index (χ1n) is 6.45. The van der Waals surface area contributed by atoms with Crippen molar-refractivity contribution < 1.29 is 4.79 Å². The maximum atomic E-state index is 11.4. The topological polar surface area (TPSA) is 72.4 Å². The van der Waals surface area contributed by atoms with Crippen molar-refractivity contribution in [3.05, 3.63) is 0 Å². The molecule has 0 bridgehead atoms. The molecule has 1 aliphatic carbocycles. The second-order valence-electron chi connectivity index (χ2n) is 4.64. The Morgan fingerprint density at radius 1 is 1.44 bits per heavy atom. The molecule has 1 amide bonds. The predicted octanol–water partition coefficient (Wildman–Crippen LogP) is 0.844. The first-order chi connectivity index (χ1) is 7.70. The Kier molecular flexibility index (Phi) is 5.77. The van der Waals surface area contributed by atoms with Crippen molar-refractivity contribution in [2.45, 2.75) is 57.5 Å². The predicted molar refractivity (Wildman–Crippen MR) is 65.9 cm³/mol. The average molecular weight is 227 g/mol. The Hall–Kier alpha value is -0.610. The molecule has 0 radical (unpaired) electrons. The molecule has 1 aliphatic rings. The highest BCUT2D eigenvalue weighted by molar-refractivity contribution is 5.79. The average Bonchev–Trinajstić information content (AvgIpc) is 2.76. The van der Waals surface area contributed by atoms with Gasteiger partial charge in [-0.05, 0) is 32.2 Å². The lowest BCUT2D eigenvalue weighted by atomic mass is 10.1. The third-order valence-corrected chi connectivity index (χ3v) is 3.53. The molecule has 0 aliphatic heterocycles. The Morgan fingerprint density at radius 3 is 2.50 bits per heavy atom. The van der Waals surface area contributed by atoms with E-state index >= 15 is 0 Å². The van der Waals surface area contributed by atoms with Gasteiger partial charge in [-0.15, -0.1) is 0 Å². The third-order valence-electron chi connectivity index (χ3n) is 3.53. The SMILES string of the molecule is CCC(C(N)=O)N(CCCN)C1CCCC1. The van der Waals surface area contributed by atoms with E-state index in [0.717, 1.165) is 19.4 Å². The van der Waals surface area contributed by atoms with Gasteiger partial charge >= 0.3 is 0 Å². The number of rotatable bonds is 7. The minimum absolute atomic E-state index is 0.102. The molecule has 16 heavy (non-hydrogen) atoms. The highest BCUT2D eigenvalue weighted by atomic mass is 16.1. The summed E-state index contributed by atoms with van der Waals surface area (Å²) in [5.41, 5.74) is 11.0. The van der Waals surface area contributed by atoms with Gasteiger partial charge in [0.25, 0.3) is 0 Å². The number of amides is 1. The highest BCUT2D eigenvalue weighted by Gasteiger charge is 2.30. The van der Waals surface area contributed by atoms with Crippen molar-refractivity contribution in [3.63, 3.8) is 0 Å². The fourth-order valence-electron chi connectivity index (χ4n) is 2.70. The van der Waals surface area contributed by atoms with Crippen molar-refractivity contribution >= 4 is 5.91 Å². The summed E-state index contributed by atoms with van der Waals surface area (Å²) in [7, 11) is 0. The zero-order valence-corrected chi connectivity index (χ0v) is 10.3. The standard InChI is InChI=1S/C12H25N3O/c1-2-11(12(14)16)15(9-5-8-13)10-6-3-4-7-10/h10-11H,2-9,13H2,1H3,(H2,14,16). The van der Waals surface area contributed by atoms with Crippen LogP contribution in [0, 0.1) is 0 Å². The Labute approximate surface area is 98.3 Å². The van der Waals surface area contributed by atoms with Crippen LogP contribution in [0.15, 0.2) is 0 Å². The van der Waals surface area contributed by atoms with E-state index in [-0.39, 0.29) is 11.9 Å². The fraction of sp³-hybridized carbons (Fsp3) is 0.917. The van der Waals surface area contributed by atoms with Crippen LogP contribution in [0.3, 0.4) is 0 Å². The van der Waals surface area contributed by atoms with E-state index in [9.17, 15) is 4.79 Å². The molecule has 94 valence electrons. The summed E-state index contributed by atoms with van der Waals surface area (Å²) >= 11 is 0. The second-order valence-corrected chi connectivity index (χ2v) is 4.64. The summed E-state index contributed by atoms with van der Waals surface area (Å²) in [6, 6.07) is 0.443. The quantitative estimate of drug-likeness (QED) is 0.677. The smallest absolute Gasteiger partial charge is 0.234 e. The van der Waals surface area contributed by atoms with Crippen molar-refractivity contribution in [1.82, 2.24) is 4.90 Å². The number of carbonyl (C=O) groups is 1. The molecule has 0 aromatic heterocycles. The summed E-state index contributed by atoms with van der Waals surface area (Å²) in [5.74, 6) is -0.188. The summed E-state index contributed by atoms with van der Waals surface area (Å²) in [6.07, 6.45) is 6.71. The summed E-state index contributed by atoms with van der Waals surface area (Å²) in [4.78, 5) is 13.7. The Bertz CT molecular complexity index is 214. The molecule has 1 fully saturated rings. The summed E-state index contributed by atoms with van der Waals surface area (Å²) in [6.45, 7) is 3.61. The van der Waals surface area contributed by atoms with Gasteiger partial charge in [-0.1, -0.05) is 19.8 Å². The number of nitrogens with two attached hydrogens (primary N) is 2. The van der Waals surface area contributed by atoms with E-state index in [1.54, 1.807) is 0 Å². The molecule has 4 heteroatoms. The third kappa shape index (κ3) is 3.46. The monoisotopic (exact) mass is 227 g/mol. The van der Waals surface area contributed by atoms with Crippen LogP contribution < -0.4 is 11.5 Å². The van der Waals surface area contributed by atoms with Gasteiger partial charge in [0, 0.05) is 12.6 Å². The van der Waals surface area contributed by atoms with Crippen molar-refractivity contribution in [2.75, 3.05) is 13.1 Å². The molecule has 1 atom stereocenters. The zero-order valence-electron chi connectivity index (χ0n) is 10.3. The van der Waals surface area contributed by atoms with Crippen LogP contribution in [-0.2, 0) is 4.79 Å². The molecular weight excluding hydrogens is 202 g/mol. The van der Waals surface area contributed by atoms with Crippen LogP contribution in [0.25, 0.3) is 0 Å². The van der Waals surface area contributed by atoms with Gasteiger partial charge in [-0.25, -0.2) is 0 Å². The molecular formula is C12H25N3O. The van der Waals surface area contributed by atoms with Crippen molar-refractivity contribution in [3.8, 4) is 0 Å². The molecule has 4 nitrogen and oxygen atoms in total. The lowest BCUT2D eigenvalue weighted by Crippen LogP contribution is -2.49. The molecule has 0 saturated heterocycles. The number of hydrogen-bond donors (Lipinski definition) is 2. The van der Waals surface area contributed by atoms with Crippen LogP contribution in [0.5, 0.6) is 0 Å².